The second-order valence-electron chi connectivity index (χ2n) is 3.92. The molecular weight excluding hydrogens is 278 g/mol. The van der Waals surface area contributed by atoms with Crippen molar-refractivity contribution in [1.29, 1.82) is 0 Å². The number of hydrogen-bond donors (Lipinski definition) is 1. The quantitative estimate of drug-likeness (QED) is 0.917. The zero-order valence-corrected chi connectivity index (χ0v) is 11.1. The minimum absolute atomic E-state index is 0.0171. The van der Waals surface area contributed by atoms with E-state index in [1.54, 1.807) is 0 Å². The van der Waals surface area contributed by atoms with Crippen LogP contribution in [0.15, 0.2) is 53.0 Å². The molecule has 88 valence electrons. The molecule has 1 atom stereocenters. The van der Waals surface area contributed by atoms with Crippen molar-refractivity contribution < 1.29 is 4.74 Å². The molecule has 0 bridgehead atoms. The Balaban J connectivity index is 2.18. The molecule has 0 aliphatic rings. The van der Waals surface area contributed by atoms with Crippen molar-refractivity contribution >= 4 is 15.9 Å². The van der Waals surface area contributed by atoms with Gasteiger partial charge in [-0.1, -0.05) is 28.1 Å². The van der Waals surface area contributed by atoms with Gasteiger partial charge in [-0.05, 0) is 48.9 Å². The van der Waals surface area contributed by atoms with E-state index in [9.17, 15) is 0 Å². The van der Waals surface area contributed by atoms with Crippen LogP contribution in [0.25, 0.3) is 0 Å². The monoisotopic (exact) mass is 291 g/mol. The summed E-state index contributed by atoms with van der Waals surface area (Å²) in [5.41, 5.74) is 6.90. The SMILES string of the molecule is CC(N)c1cccc(Oc2ccc(Br)cc2)c1. The molecule has 0 heterocycles. The summed E-state index contributed by atoms with van der Waals surface area (Å²) < 4.78 is 6.78. The highest BCUT2D eigenvalue weighted by atomic mass is 79.9. The summed E-state index contributed by atoms with van der Waals surface area (Å²) in [6, 6.07) is 15.6. The molecule has 2 N–H and O–H groups in total. The Labute approximate surface area is 110 Å². The van der Waals surface area contributed by atoms with E-state index < -0.39 is 0 Å². The summed E-state index contributed by atoms with van der Waals surface area (Å²) in [6.45, 7) is 1.96. The lowest BCUT2D eigenvalue weighted by Crippen LogP contribution is -2.04. The van der Waals surface area contributed by atoms with Gasteiger partial charge in [-0.25, -0.2) is 0 Å². The van der Waals surface area contributed by atoms with Crippen molar-refractivity contribution in [2.45, 2.75) is 13.0 Å². The Morgan fingerprint density at radius 1 is 1.06 bits per heavy atom. The molecule has 0 saturated carbocycles. The van der Waals surface area contributed by atoms with Crippen LogP contribution in [0.3, 0.4) is 0 Å². The average Bonchev–Trinajstić information content (AvgIpc) is 2.32. The molecular formula is C14H14BrNO. The van der Waals surface area contributed by atoms with Gasteiger partial charge < -0.3 is 10.5 Å². The third-order valence-corrected chi connectivity index (χ3v) is 2.96. The summed E-state index contributed by atoms with van der Waals surface area (Å²) in [7, 11) is 0. The number of nitrogens with two attached hydrogens (primary N) is 1. The van der Waals surface area contributed by atoms with Gasteiger partial charge in [-0.3, -0.25) is 0 Å². The molecule has 0 amide bonds. The van der Waals surface area contributed by atoms with Crippen molar-refractivity contribution in [1.82, 2.24) is 0 Å². The molecule has 0 radical (unpaired) electrons. The molecule has 0 aliphatic heterocycles. The Bertz CT molecular complexity index is 494. The van der Waals surface area contributed by atoms with Crippen LogP contribution in [-0.4, -0.2) is 0 Å². The van der Waals surface area contributed by atoms with Gasteiger partial charge in [0.1, 0.15) is 11.5 Å². The first kappa shape index (κ1) is 12.1. The van der Waals surface area contributed by atoms with E-state index in [0.29, 0.717) is 0 Å². The van der Waals surface area contributed by atoms with Crippen LogP contribution in [0.4, 0.5) is 0 Å². The highest BCUT2D eigenvalue weighted by Crippen LogP contribution is 2.25. The van der Waals surface area contributed by atoms with Crippen molar-refractivity contribution in [3.63, 3.8) is 0 Å². The lowest BCUT2D eigenvalue weighted by molar-refractivity contribution is 0.481. The van der Waals surface area contributed by atoms with Gasteiger partial charge in [-0.2, -0.15) is 0 Å². The van der Waals surface area contributed by atoms with Gasteiger partial charge in [0.2, 0.25) is 0 Å². The van der Waals surface area contributed by atoms with Gasteiger partial charge >= 0.3 is 0 Å². The summed E-state index contributed by atoms with van der Waals surface area (Å²) >= 11 is 3.39. The van der Waals surface area contributed by atoms with E-state index >= 15 is 0 Å². The molecule has 0 aromatic heterocycles. The number of benzene rings is 2. The van der Waals surface area contributed by atoms with Crippen LogP contribution < -0.4 is 10.5 Å². The Morgan fingerprint density at radius 3 is 2.41 bits per heavy atom. The van der Waals surface area contributed by atoms with E-state index in [4.69, 9.17) is 10.5 Å². The van der Waals surface area contributed by atoms with Gasteiger partial charge in [0.05, 0.1) is 0 Å². The smallest absolute Gasteiger partial charge is 0.127 e. The van der Waals surface area contributed by atoms with Gasteiger partial charge in [0, 0.05) is 10.5 Å². The maximum atomic E-state index is 5.83. The summed E-state index contributed by atoms with van der Waals surface area (Å²) in [4.78, 5) is 0. The molecule has 0 saturated heterocycles. The predicted molar refractivity (Wildman–Crippen MR) is 73.3 cm³/mol. The van der Waals surface area contributed by atoms with E-state index in [-0.39, 0.29) is 6.04 Å². The van der Waals surface area contributed by atoms with E-state index in [0.717, 1.165) is 21.5 Å². The summed E-state index contributed by atoms with van der Waals surface area (Å²) in [6.07, 6.45) is 0. The van der Waals surface area contributed by atoms with Crippen LogP contribution in [0.5, 0.6) is 11.5 Å². The topological polar surface area (TPSA) is 35.2 Å². The minimum atomic E-state index is 0.0171. The lowest BCUT2D eigenvalue weighted by atomic mass is 10.1. The van der Waals surface area contributed by atoms with E-state index in [1.807, 2.05) is 55.5 Å². The first-order valence-electron chi connectivity index (χ1n) is 5.44. The van der Waals surface area contributed by atoms with Gasteiger partial charge in [0.15, 0.2) is 0 Å². The maximum absolute atomic E-state index is 5.83. The van der Waals surface area contributed by atoms with Crippen molar-refractivity contribution in [3.8, 4) is 11.5 Å². The van der Waals surface area contributed by atoms with E-state index in [1.165, 1.54) is 0 Å². The van der Waals surface area contributed by atoms with Crippen LogP contribution in [-0.2, 0) is 0 Å². The molecule has 2 aromatic carbocycles. The Morgan fingerprint density at radius 2 is 1.76 bits per heavy atom. The number of ether oxygens (including phenoxy) is 1. The average molecular weight is 292 g/mol. The fourth-order valence-electron chi connectivity index (χ4n) is 1.50. The molecule has 0 fully saturated rings. The largest absolute Gasteiger partial charge is 0.457 e. The second-order valence-corrected chi connectivity index (χ2v) is 4.83. The maximum Gasteiger partial charge on any atom is 0.127 e. The minimum Gasteiger partial charge on any atom is -0.457 e. The van der Waals surface area contributed by atoms with Crippen molar-refractivity contribution in [3.05, 3.63) is 58.6 Å². The number of hydrogen-bond acceptors (Lipinski definition) is 2. The zero-order valence-electron chi connectivity index (χ0n) is 9.56. The Kier molecular flexibility index (Phi) is 3.82. The van der Waals surface area contributed by atoms with Crippen molar-refractivity contribution in [2.75, 3.05) is 0 Å². The highest BCUT2D eigenvalue weighted by molar-refractivity contribution is 9.10. The fraction of sp³-hybridized carbons (Fsp3) is 0.143. The van der Waals surface area contributed by atoms with Crippen LogP contribution in [0, 0.1) is 0 Å². The highest BCUT2D eigenvalue weighted by Gasteiger charge is 2.02. The molecule has 2 nitrogen and oxygen atoms in total. The third-order valence-electron chi connectivity index (χ3n) is 2.43. The fourth-order valence-corrected chi connectivity index (χ4v) is 1.76. The molecule has 0 spiro atoms. The van der Waals surface area contributed by atoms with Crippen molar-refractivity contribution in [2.24, 2.45) is 5.73 Å². The van der Waals surface area contributed by atoms with Crippen LogP contribution in [0.1, 0.15) is 18.5 Å². The van der Waals surface area contributed by atoms with E-state index in [2.05, 4.69) is 15.9 Å². The molecule has 2 rings (SSSR count). The number of rotatable bonds is 3. The van der Waals surface area contributed by atoms with Crippen LogP contribution >= 0.6 is 15.9 Å². The van der Waals surface area contributed by atoms with Gasteiger partial charge in [-0.15, -0.1) is 0 Å². The molecule has 0 aliphatic carbocycles. The normalized spacial score (nSPS) is 12.2. The standard InChI is InChI=1S/C14H14BrNO/c1-10(16)11-3-2-4-14(9-11)17-13-7-5-12(15)6-8-13/h2-10H,16H2,1H3. The summed E-state index contributed by atoms with van der Waals surface area (Å²) in [5, 5.41) is 0. The first-order chi connectivity index (χ1) is 8.15. The van der Waals surface area contributed by atoms with Crippen LogP contribution in [0.2, 0.25) is 0 Å². The third kappa shape index (κ3) is 3.32. The molecule has 1 unspecified atom stereocenters. The molecule has 3 heteroatoms. The Hall–Kier alpha value is -1.32. The summed E-state index contributed by atoms with van der Waals surface area (Å²) in [5.74, 6) is 1.62. The predicted octanol–water partition coefficient (Wildman–Crippen LogP) is 4.26. The first-order valence-corrected chi connectivity index (χ1v) is 6.23. The zero-order chi connectivity index (χ0) is 12.3. The number of halogens is 1. The second kappa shape index (κ2) is 5.34. The van der Waals surface area contributed by atoms with Gasteiger partial charge in [0.25, 0.3) is 0 Å². The molecule has 17 heavy (non-hydrogen) atoms. The molecule has 2 aromatic rings. The lowest BCUT2D eigenvalue weighted by Gasteiger charge is -2.09.